The Morgan fingerprint density at radius 1 is 1.33 bits per heavy atom. The number of pyridine rings is 1. The molecule has 1 aromatic heterocycles. The number of carbonyl (C=O) groups is 1. The minimum atomic E-state index is -0.00446. The quantitative estimate of drug-likeness (QED) is 0.724. The lowest BCUT2D eigenvalue weighted by Crippen LogP contribution is -2.30. The summed E-state index contributed by atoms with van der Waals surface area (Å²) in [5.41, 5.74) is 2.18. The zero-order valence-corrected chi connectivity index (χ0v) is 14.2. The molecule has 0 radical (unpaired) electrons. The maximum atomic E-state index is 12.3. The lowest BCUT2D eigenvalue weighted by atomic mass is 10.1. The number of nitrogens with zero attached hydrogens (tertiary/aromatic N) is 2. The highest BCUT2D eigenvalue weighted by Crippen LogP contribution is 2.42. The lowest BCUT2D eigenvalue weighted by molar-refractivity contribution is -0.128. The number of carbonyl (C=O) groups excluding carboxylic acids is 1. The van der Waals surface area contributed by atoms with E-state index in [-0.39, 0.29) is 11.3 Å². The second-order valence-electron chi connectivity index (χ2n) is 5.50. The maximum absolute atomic E-state index is 12.3. The van der Waals surface area contributed by atoms with Crippen molar-refractivity contribution in [3.63, 3.8) is 0 Å². The van der Waals surface area contributed by atoms with E-state index in [0.29, 0.717) is 18.9 Å². The van der Waals surface area contributed by atoms with Crippen LogP contribution < -0.4 is 4.74 Å². The van der Waals surface area contributed by atoms with E-state index in [1.54, 1.807) is 24.0 Å². The van der Waals surface area contributed by atoms with Crippen molar-refractivity contribution in [1.29, 1.82) is 0 Å². The van der Waals surface area contributed by atoms with Gasteiger partial charge in [-0.3, -0.25) is 9.78 Å². The van der Waals surface area contributed by atoms with Gasteiger partial charge in [-0.15, -0.1) is 11.8 Å². The number of benzene rings is 1. The zero-order valence-electron chi connectivity index (χ0n) is 13.4. The number of rotatable bonds is 7. The second kappa shape index (κ2) is 8.02. The summed E-state index contributed by atoms with van der Waals surface area (Å²) >= 11 is 1.65. The molecule has 1 fully saturated rings. The first-order valence-corrected chi connectivity index (χ1v) is 8.97. The maximum Gasteiger partial charge on any atom is 0.233 e. The van der Waals surface area contributed by atoms with E-state index in [1.807, 2.05) is 47.5 Å². The molecule has 1 aliphatic rings. The van der Waals surface area contributed by atoms with Gasteiger partial charge in [-0.1, -0.05) is 36.9 Å². The van der Waals surface area contributed by atoms with Gasteiger partial charge in [0.25, 0.3) is 0 Å². The molecule has 3 rings (SSSR count). The number of ether oxygens (including phenoxy) is 1. The number of aromatic nitrogens is 1. The number of para-hydroxylation sites is 1. The van der Waals surface area contributed by atoms with Crippen molar-refractivity contribution in [2.75, 3.05) is 18.9 Å². The van der Waals surface area contributed by atoms with Gasteiger partial charge in [0.1, 0.15) is 17.7 Å². The van der Waals surface area contributed by atoms with Crippen LogP contribution in [0, 0.1) is 0 Å². The van der Waals surface area contributed by atoms with Crippen molar-refractivity contribution >= 4 is 17.7 Å². The van der Waals surface area contributed by atoms with Crippen molar-refractivity contribution in [2.24, 2.45) is 0 Å². The van der Waals surface area contributed by atoms with Crippen LogP contribution in [0.1, 0.15) is 16.5 Å². The lowest BCUT2D eigenvalue weighted by Gasteiger charge is -2.25. The Hall–Kier alpha value is -2.27. The van der Waals surface area contributed by atoms with Crippen molar-refractivity contribution in [1.82, 2.24) is 9.88 Å². The molecule has 1 saturated heterocycles. The molecule has 0 spiro atoms. The Morgan fingerprint density at radius 2 is 2.21 bits per heavy atom. The van der Waals surface area contributed by atoms with Gasteiger partial charge in [-0.25, -0.2) is 0 Å². The Kier molecular flexibility index (Phi) is 5.54. The largest absolute Gasteiger partial charge is 0.489 e. The predicted octanol–water partition coefficient (Wildman–Crippen LogP) is 3.46. The Balaban J connectivity index is 1.76. The van der Waals surface area contributed by atoms with Crippen molar-refractivity contribution < 1.29 is 9.53 Å². The molecule has 24 heavy (non-hydrogen) atoms. The molecule has 0 aliphatic carbocycles. The predicted molar refractivity (Wildman–Crippen MR) is 97.0 cm³/mol. The summed E-state index contributed by atoms with van der Waals surface area (Å²) in [7, 11) is 0. The van der Waals surface area contributed by atoms with Gasteiger partial charge < -0.3 is 9.64 Å². The molecule has 1 amide bonds. The summed E-state index contributed by atoms with van der Waals surface area (Å²) in [5.74, 6) is 1.50. The van der Waals surface area contributed by atoms with E-state index in [9.17, 15) is 4.79 Å². The van der Waals surface area contributed by atoms with Gasteiger partial charge in [0, 0.05) is 24.5 Å². The minimum Gasteiger partial charge on any atom is -0.489 e. The van der Waals surface area contributed by atoms with Crippen LogP contribution in [-0.2, 0) is 11.2 Å². The minimum absolute atomic E-state index is 0.00446. The second-order valence-corrected chi connectivity index (χ2v) is 6.57. The highest BCUT2D eigenvalue weighted by atomic mass is 32.2. The average molecular weight is 340 g/mol. The zero-order chi connectivity index (χ0) is 16.8. The normalized spacial score (nSPS) is 17.1. The molecule has 2 heterocycles. The van der Waals surface area contributed by atoms with E-state index >= 15 is 0 Å². The molecule has 2 aromatic rings. The van der Waals surface area contributed by atoms with Gasteiger partial charge in [-0.2, -0.15) is 0 Å². The third kappa shape index (κ3) is 3.79. The average Bonchev–Trinajstić information content (AvgIpc) is 3.00. The monoisotopic (exact) mass is 340 g/mol. The summed E-state index contributed by atoms with van der Waals surface area (Å²) in [4.78, 5) is 18.4. The fraction of sp³-hybridized carbons (Fsp3) is 0.263. The third-order valence-corrected chi connectivity index (χ3v) is 5.11. The van der Waals surface area contributed by atoms with E-state index < -0.39 is 0 Å². The summed E-state index contributed by atoms with van der Waals surface area (Å²) < 4.78 is 5.77. The Morgan fingerprint density at radius 3 is 3.00 bits per heavy atom. The molecule has 0 saturated carbocycles. The Bertz CT molecular complexity index is 706. The van der Waals surface area contributed by atoms with Crippen LogP contribution in [0.4, 0.5) is 0 Å². The van der Waals surface area contributed by atoms with Crippen LogP contribution in [0.3, 0.4) is 0 Å². The fourth-order valence-corrected chi connectivity index (χ4v) is 3.96. The van der Waals surface area contributed by atoms with Crippen LogP contribution in [0.2, 0.25) is 0 Å². The topological polar surface area (TPSA) is 42.4 Å². The summed E-state index contributed by atoms with van der Waals surface area (Å²) in [6, 6.07) is 11.9. The van der Waals surface area contributed by atoms with E-state index in [4.69, 9.17) is 4.74 Å². The molecular formula is C19H20N2O2S. The van der Waals surface area contributed by atoms with Crippen LogP contribution in [0.25, 0.3) is 0 Å². The van der Waals surface area contributed by atoms with Crippen LogP contribution in [-0.4, -0.2) is 34.7 Å². The van der Waals surface area contributed by atoms with Gasteiger partial charge in [-0.05, 0) is 24.1 Å². The van der Waals surface area contributed by atoms with Crippen LogP contribution in [0.5, 0.6) is 5.75 Å². The smallest absolute Gasteiger partial charge is 0.233 e. The fourth-order valence-electron chi connectivity index (χ4n) is 2.71. The molecule has 1 aliphatic heterocycles. The van der Waals surface area contributed by atoms with E-state index in [2.05, 4.69) is 11.6 Å². The van der Waals surface area contributed by atoms with Crippen LogP contribution >= 0.6 is 11.8 Å². The first-order chi connectivity index (χ1) is 11.8. The van der Waals surface area contributed by atoms with Crippen LogP contribution in [0.15, 0.2) is 61.4 Å². The third-order valence-electron chi connectivity index (χ3n) is 3.87. The molecular weight excluding hydrogens is 320 g/mol. The Labute approximate surface area is 146 Å². The first-order valence-electron chi connectivity index (χ1n) is 7.92. The van der Waals surface area contributed by atoms with Crippen molar-refractivity contribution in [2.45, 2.75) is 11.8 Å². The molecule has 124 valence electrons. The van der Waals surface area contributed by atoms with E-state index in [1.165, 1.54) is 0 Å². The van der Waals surface area contributed by atoms with Crippen molar-refractivity contribution in [3.05, 3.63) is 72.6 Å². The summed E-state index contributed by atoms with van der Waals surface area (Å²) in [5, 5.41) is -0.00446. The highest BCUT2D eigenvalue weighted by molar-refractivity contribution is 8.00. The van der Waals surface area contributed by atoms with Gasteiger partial charge in [0.05, 0.1) is 5.75 Å². The molecule has 0 bridgehead atoms. The van der Waals surface area contributed by atoms with Gasteiger partial charge >= 0.3 is 0 Å². The standard InChI is InChI=1S/C19H20N2O2S/c1-2-12-23-17-8-4-3-7-16(17)19-21(18(22)14-24-19)11-9-15-6-5-10-20-13-15/h2-8,10,13,19H,1,9,11-12,14H2. The number of hydrogen-bond acceptors (Lipinski definition) is 4. The molecule has 1 atom stereocenters. The number of thioether (sulfide) groups is 1. The van der Waals surface area contributed by atoms with Crippen molar-refractivity contribution in [3.8, 4) is 5.75 Å². The van der Waals surface area contributed by atoms with Gasteiger partial charge in [0.15, 0.2) is 0 Å². The molecule has 5 heteroatoms. The first kappa shape index (κ1) is 16.6. The summed E-state index contributed by atoms with van der Waals surface area (Å²) in [6.07, 6.45) is 6.14. The SMILES string of the molecule is C=CCOc1ccccc1C1SCC(=O)N1CCc1cccnc1. The number of hydrogen-bond donors (Lipinski definition) is 0. The molecule has 0 N–H and O–H groups in total. The van der Waals surface area contributed by atoms with E-state index in [0.717, 1.165) is 23.3 Å². The molecule has 4 nitrogen and oxygen atoms in total. The number of amides is 1. The summed E-state index contributed by atoms with van der Waals surface area (Å²) in [6.45, 7) is 4.83. The molecule has 1 unspecified atom stereocenters. The molecule has 1 aromatic carbocycles. The van der Waals surface area contributed by atoms with Gasteiger partial charge in [0.2, 0.25) is 5.91 Å². The highest BCUT2D eigenvalue weighted by Gasteiger charge is 2.34.